The van der Waals surface area contributed by atoms with Crippen molar-refractivity contribution in [3.63, 3.8) is 0 Å². The molecule has 1 atom stereocenters. The highest BCUT2D eigenvalue weighted by Crippen LogP contribution is 2.40. The summed E-state index contributed by atoms with van der Waals surface area (Å²) >= 11 is 0. The average molecular weight is 383 g/mol. The molecular weight excluding hydrogens is 348 g/mol. The van der Waals surface area contributed by atoms with E-state index < -0.39 is 0 Å². The van der Waals surface area contributed by atoms with E-state index in [0.717, 1.165) is 19.7 Å². The molecule has 2 aliphatic rings. The Kier molecular flexibility index (Phi) is 5.85. The van der Waals surface area contributed by atoms with Gasteiger partial charge in [-0.2, -0.15) is 5.10 Å². The molecule has 5 nitrogen and oxygen atoms in total. The van der Waals surface area contributed by atoms with Gasteiger partial charge in [0.1, 0.15) is 0 Å². The summed E-state index contributed by atoms with van der Waals surface area (Å²) in [4.78, 5) is 5.29. The standard InChI is InChI=1S/C23H34N4O/c1-19-14-20(2)21(22(15-19)27-10-5-8-24-27)16-26-11-7-23(18-26)6-4-9-25(17-23)12-13-28-3/h5,8,10,14-15H,4,6-7,9,11-13,16-18H2,1-3H3/t23-/m0/s1. The van der Waals surface area contributed by atoms with Crippen molar-refractivity contribution in [3.05, 3.63) is 47.3 Å². The highest BCUT2D eigenvalue weighted by Gasteiger charge is 2.41. The molecule has 0 N–H and O–H groups in total. The molecule has 0 aliphatic carbocycles. The number of aromatic nitrogens is 2. The lowest BCUT2D eigenvalue weighted by molar-refractivity contribution is 0.0673. The molecule has 4 rings (SSSR count). The first-order valence-electron chi connectivity index (χ1n) is 10.6. The lowest BCUT2D eigenvalue weighted by atomic mass is 9.79. The van der Waals surface area contributed by atoms with Crippen molar-refractivity contribution in [2.24, 2.45) is 5.41 Å². The summed E-state index contributed by atoms with van der Waals surface area (Å²) in [5.41, 5.74) is 5.78. The predicted molar refractivity (Wildman–Crippen MR) is 113 cm³/mol. The van der Waals surface area contributed by atoms with Crippen LogP contribution in [0.2, 0.25) is 0 Å². The first-order valence-corrected chi connectivity index (χ1v) is 10.6. The Morgan fingerprint density at radius 1 is 1.11 bits per heavy atom. The van der Waals surface area contributed by atoms with Crippen molar-refractivity contribution in [2.45, 2.75) is 39.7 Å². The topological polar surface area (TPSA) is 33.5 Å². The zero-order valence-corrected chi connectivity index (χ0v) is 17.7. The highest BCUT2D eigenvalue weighted by atomic mass is 16.5. The lowest BCUT2D eigenvalue weighted by Crippen LogP contribution is -2.45. The molecule has 0 bridgehead atoms. The molecule has 1 aromatic heterocycles. The number of aryl methyl sites for hydroxylation is 2. The molecule has 0 saturated carbocycles. The van der Waals surface area contributed by atoms with Gasteiger partial charge in [-0.1, -0.05) is 6.07 Å². The summed E-state index contributed by atoms with van der Waals surface area (Å²) in [7, 11) is 1.80. The Labute approximate surface area is 169 Å². The van der Waals surface area contributed by atoms with Crippen molar-refractivity contribution in [1.82, 2.24) is 19.6 Å². The van der Waals surface area contributed by atoms with Gasteiger partial charge in [0.15, 0.2) is 0 Å². The van der Waals surface area contributed by atoms with Crippen molar-refractivity contribution in [1.29, 1.82) is 0 Å². The van der Waals surface area contributed by atoms with Crippen molar-refractivity contribution >= 4 is 0 Å². The summed E-state index contributed by atoms with van der Waals surface area (Å²) in [6, 6.07) is 6.58. The largest absolute Gasteiger partial charge is 0.383 e. The van der Waals surface area contributed by atoms with Crippen LogP contribution in [0.1, 0.15) is 36.0 Å². The fourth-order valence-electron chi connectivity index (χ4n) is 5.24. The number of likely N-dealkylation sites (tertiary alicyclic amines) is 2. The van der Waals surface area contributed by atoms with E-state index in [1.54, 1.807) is 7.11 Å². The SMILES string of the molecule is COCCN1CCC[C@]2(CCN(Cc3c(C)cc(C)cc3-n3cccn3)C2)C1. The van der Waals surface area contributed by atoms with Crippen LogP contribution >= 0.6 is 0 Å². The number of rotatable bonds is 6. The zero-order valence-electron chi connectivity index (χ0n) is 17.7. The number of nitrogens with zero attached hydrogens (tertiary/aromatic N) is 4. The minimum Gasteiger partial charge on any atom is -0.383 e. The molecule has 152 valence electrons. The molecule has 2 fully saturated rings. The summed E-state index contributed by atoms with van der Waals surface area (Å²) in [6.45, 7) is 12.2. The van der Waals surface area contributed by atoms with Crippen LogP contribution in [0.25, 0.3) is 5.69 Å². The second-order valence-corrected chi connectivity index (χ2v) is 8.86. The Morgan fingerprint density at radius 2 is 1.96 bits per heavy atom. The van der Waals surface area contributed by atoms with E-state index in [1.165, 1.54) is 67.8 Å². The Balaban J connectivity index is 1.49. The summed E-state index contributed by atoms with van der Waals surface area (Å²) in [6.07, 6.45) is 7.92. The third-order valence-electron chi connectivity index (χ3n) is 6.60. The lowest BCUT2D eigenvalue weighted by Gasteiger charge is -2.40. The minimum atomic E-state index is 0.469. The molecule has 1 aromatic carbocycles. The number of methoxy groups -OCH3 is 1. The quantitative estimate of drug-likeness (QED) is 0.767. The number of hydrogen-bond acceptors (Lipinski definition) is 4. The third-order valence-corrected chi connectivity index (χ3v) is 6.60. The Hall–Kier alpha value is -1.69. The van der Waals surface area contributed by atoms with Gasteiger partial charge in [-0.3, -0.25) is 4.90 Å². The molecule has 1 spiro atoms. The van der Waals surface area contributed by atoms with E-state index in [9.17, 15) is 0 Å². The molecule has 0 amide bonds. The molecule has 3 heterocycles. The summed E-state index contributed by atoms with van der Waals surface area (Å²) in [5, 5.41) is 4.51. The van der Waals surface area contributed by atoms with Gasteiger partial charge in [-0.05, 0) is 80.4 Å². The monoisotopic (exact) mass is 382 g/mol. The fraction of sp³-hybridized carbons (Fsp3) is 0.609. The van der Waals surface area contributed by atoms with Crippen molar-refractivity contribution in [3.8, 4) is 5.69 Å². The van der Waals surface area contributed by atoms with E-state index >= 15 is 0 Å². The maximum Gasteiger partial charge on any atom is 0.0695 e. The number of benzene rings is 1. The molecule has 5 heteroatoms. The molecular formula is C23H34N4O. The maximum atomic E-state index is 5.31. The zero-order chi connectivity index (χ0) is 19.6. The van der Waals surface area contributed by atoms with Crippen LogP contribution in [-0.2, 0) is 11.3 Å². The number of hydrogen-bond donors (Lipinski definition) is 0. The number of ether oxygens (including phenoxy) is 1. The Bertz CT molecular complexity index is 788. The smallest absolute Gasteiger partial charge is 0.0695 e. The number of piperidine rings is 1. The summed E-state index contributed by atoms with van der Waals surface area (Å²) in [5.74, 6) is 0. The molecule has 0 unspecified atom stereocenters. The van der Waals surface area contributed by atoms with Gasteiger partial charge in [0.25, 0.3) is 0 Å². The molecule has 28 heavy (non-hydrogen) atoms. The van der Waals surface area contributed by atoms with E-state index in [1.807, 2.05) is 16.9 Å². The highest BCUT2D eigenvalue weighted by molar-refractivity contribution is 5.48. The van der Waals surface area contributed by atoms with Crippen LogP contribution in [-0.4, -0.2) is 66.0 Å². The van der Waals surface area contributed by atoms with Gasteiger partial charge < -0.3 is 9.64 Å². The average Bonchev–Trinajstić information content (AvgIpc) is 3.33. The van der Waals surface area contributed by atoms with Crippen LogP contribution < -0.4 is 0 Å². The third kappa shape index (κ3) is 4.17. The second-order valence-electron chi connectivity index (χ2n) is 8.86. The van der Waals surface area contributed by atoms with Crippen LogP contribution in [0.5, 0.6) is 0 Å². The van der Waals surface area contributed by atoms with Crippen LogP contribution in [0.4, 0.5) is 0 Å². The van der Waals surface area contributed by atoms with E-state index in [-0.39, 0.29) is 0 Å². The first-order chi connectivity index (χ1) is 13.6. The van der Waals surface area contributed by atoms with Crippen LogP contribution in [0.15, 0.2) is 30.6 Å². The second kappa shape index (κ2) is 8.36. The van der Waals surface area contributed by atoms with Gasteiger partial charge in [0, 0.05) is 45.7 Å². The van der Waals surface area contributed by atoms with E-state index in [4.69, 9.17) is 4.74 Å². The fourth-order valence-corrected chi connectivity index (χ4v) is 5.24. The molecule has 0 radical (unpaired) electrons. The van der Waals surface area contributed by atoms with Gasteiger partial charge in [0.2, 0.25) is 0 Å². The Morgan fingerprint density at radius 3 is 2.75 bits per heavy atom. The van der Waals surface area contributed by atoms with Crippen molar-refractivity contribution < 1.29 is 4.74 Å². The van der Waals surface area contributed by atoms with Crippen LogP contribution in [0, 0.1) is 19.3 Å². The maximum absolute atomic E-state index is 5.31. The van der Waals surface area contributed by atoms with E-state index in [2.05, 4.69) is 47.1 Å². The first kappa shape index (κ1) is 19.6. The minimum absolute atomic E-state index is 0.469. The molecule has 2 aromatic rings. The van der Waals surface area contributed by atoms with Gasteiger partial charge in [-0.15, -0.1) is 0 Å². The molecule has 2 saturated heterocycles. The summed E-state index contributed by atoms with van der Waals surface area (Å²) < 4.78 is 7.33. The van der Waals surface area contributed by atoms with Gasteiger partial charge in [0.05, 0.1) is 12.3 Å². The molecule has 2 aliphatic heterocycles. The van der Waals surface area contributed by atoms with Crippen molar-refractivity contribution in [2.75, 3.05) is 46.4 Å². The predicted octanol–water partition coefficient (Wildman–Crippen LogP) is 3.42. The van der Waals surface area contributed by atoms with Crippen LogP contribution in [0.3, 0.4) is 0 Å². The van der Waals surface area contributed by atoms with Gasteiger partial charge in [-0.25, -0.2) is 4.68 Å². The van der Waals surface area contributed by atoms with E-state index in [0.29, 0.717) is 5.41 Å². The van der Waals surface area contributed by atoms with Gasteiger partial charge >= 0.3 is 0 Å². The normalized spacial score (nSPS) is 23.7.